The van der Waals surface area contributed by atoms with Crippen molar-refractivity contribution in [3.63, 3.8) is 0 Å². The van der Waals surface area contributed by atoms with E-state index in [1.807, 2.05) is 11.8 Å². The lowest BCUT2D eigenvalue weighted by molar-refractivity contribution is -0.133. The van der Waals surface area contributed by atoms with Crippen LogP contribution < -0.4 is 10.2 Å². The van der Waals surface area contributed by atoms with E-state index >= 15 is 0 Å². The van der Waals surface area contributed by atoms with Gasteiger partial charge in [-0.25, -0.2) is 0 Å². The molecule has 0 radical (unpaired) electrons. The van der Waals surface area contributed by atoms with Crippen LogP contribution >= 0.6 is 0 Å². The summed E-state index contributed by atoms with van der Waals surface area (Å²) in [5.74, 6) is 0.203. The SMILES string of the molecule is Cc1cccc(N2CCN(CCC(=O)N3CCC(=O)NC[C@@H]3C)CC2)c1. The van der Waals surface area contributed by atoms with Crippen molar-refractivity contribution in [1.29, 1.82) is 0 Å². The Kier molecular flexibility index (Phi) is 6.14. The summed E-state index contributed by atoms with van der Waals surface area (Å²) in [4.78, 5) is 30.7. The molecule has 26 heavy (non-hydrogen) atoms. The predicted molar refractivity (Wildman–Crippen MR) is 103 cm³/mol. The Morgan fingerprint density at radius 1 is 1.19 bits per heavy atom. The van der Waals surface area contributed by atoms with E-state index in [2.05, 4.69) is 46.3 Å². The first kappa shape index (κ1) is 18.7. The smallest absolute Gasteiger partial charge is 0.224 e. The van der Waals surface area contributed by atoms with E-state index in [0.717, 1.165) is 32.7 Å². The summed E-state index contributed by atoms with van der Waals surface area (Å²) in [6.45, 7) is 9.97. The molecular formula is C20H30N4O2. The average Bonchev–Trinajstić information content (AvgIpc) is 2.81. The zero-order valence-corrected chi connectivity index (χ0v) is 15.9. The maximum Gasteiger partial charge on any atom is 0.224 e. The highest BCUT2D eigenvalue weighted by Gasteiger charge is 2.25. The minimum atomic E-state index is 0.0411. The lowest BCUT2D eigenvalue weighted by atomic mass is 10.2. The van der Waals surface area contributed by atoms with Crippen LogP contribution in [0.1, 0.15) is 25.3 Å². The van der Waals surface area contributed by atoms with Crippen LogP contribution in [-0.4, -0.2) is 73.5 Å². The summed E-state index contributed by atoms with van der Waals surface area (Å²) in [5, 5.41) is 2.86. The lowest BCUT2D eigenvalue weighted by Crippen LogP contribution is -2.48. The number of carbonyl (C=O) groups excluding carboxylic acids is 2. The summed E-state index contributed by atoms with van der Waals surface area (Å²) >= 11 is 0. The molecule has 0 unspecified atom stereocenters. The van der Waals surface area contributed by atoms with Crippen LogP contribution in [0.2, 0.25) is 0 Å². The fraction of sp³-hybridized carbons (Fsp3) is 0.600. The molecule has 6 nitrogen and oxygen atoms in total. The number of rotatable bonds is 4. The van der Waals surface area contributed by atoms with Gasteiger partial charge >= 0.3 is 0 Å². The van der Waals surface area contributed by atoms with Gasteiger partial charge in [0.05, 0.1) is 0 Å². The Morgan fingerprint density at radius 3 is 2.69 bits per heavy atom. The molecule has 2 amide bonds. The van der Waals surface area contributed by atoms with Crippen molar-refractivity contribution in [2.45, 2.75) is 32.7 Å². The highest BCUT2D eigenvalue weighted by molar-refractivity contribution is 5.80. The van der Waals surface area contributed by atoms with E-state index < -0.39 is 0 Å². The summed E-state index contributed by atoms with van der Waals surface area (Å²) in [5.41, 5.74) is 2.58. The average molecular weight is 358 g/mol. The Labute approximate surface area is 156 Å². The van der Waals surface area contributed by atoms with Crippen LogP contribution in [0.3, 0.4) is 0 Å². The molecule has 2 heterocycles. The molecule has 2 aliphatic heterocycles. The van der Waals surface area contributed by atoms with Crippen molar-refractivity contribution < 1.29 is 9.59 Å². The van der Waals surface area contributed by atoms with Gasteiger partial charge in [-0.3, -0.25) is 14.5 Å². The Bertz CT molecular complexity index is 640. The van der Waals surface area contributed by atoms with E-state index in [4.69, 9.17) is 0 Å². The quantitative estimate of drug-likeness (QED) is 0.880. The number of hydrogen-bond donors (Lipinski definition) is 1. The monoisotopic (exact) mass is 358 g/mol. The van der Waals surface area contributed by atoms with Crippen molar-refractivity contribution in [2.75, 3.05) is 50.7 Å². The van der Waals surface area contributed by atoms with Gasteiger partial charge in [0.25, 0.3) is 0 Å². The molecule has 0 saturated carbocycles. The van der Waals surface area contributed by atoms with Crippen LogP contribution in [0.4, 0.5) is 5.69 Å². The zero-order chi connectivity index (χ0) is 18.5. The molecule has 1 N–H and O–H groups in total. The van der Waals surface area contributed by atoms with Crippen molar-refractivity contribution >= 4 is 17.5 Å². The van der Waals surface area contributed by atoms with Crippen molar-refractivity contribution in [3.05, 3.63) is 29.8 Å². The van der Waals surface area contributed by atoms with E-state index in [1.54, 1.807) is 0 Å². The standard InChI is InChI=1S/C20H30N4O2/c1-16-4-3-5-18(14-16)23-12-10-22(11-13-23)8-7-20(26)24-9-6-19(25)21-15-17(24)2/h3-5,14,17H,6-13,15H2,1-2H3,(H,21,25)/t17-/m0/s1. The molecule has 1 atom stereocenters. The van der Waals surface area contributed by atoms with Gasteiger partial charge in [0.1, 0.15) is 0 Å². The number of carbonyl (C=O) groups is 2. The normalized spacial score (nSPS) is 22.1. The molecule has 2 saturated heterocycles. The number of benzene rings is 1. The van der Waals surface area contributed by atoms with Crippen LogP contribution in [0, 0.1) is 6.92 Å². The maximum absolute atomic E-state index is 12.6. The summed E-state index contributed by atoms with van der Waals surface area (Å²) in [6.07, 6.45) is 0.939. The molecular weight excluding hydrogens is 328 g/mol. The number of amides is 2. The van der Waals surface area contributed by atoms with Crippen molar-refractivity contribution in [2.24, 2.45) is 0 Å². The van der Waals surface area contributed by atoms with E-state index in [1.165, 1.54) is 11.3 Å². The molecule has 2 aliphatic rings. The maximum atomic E-state index is 12.6. The molecule has 6 heteroatoms. The van der Waals surface area contributed by atoms with Gasteiger partial charge in [-0.1, -0.05) is 12.1 Å². The molecule has 142 valence electrons. The number of nitrogens with one attached hydrogen (secondary N) is 1. The second-order valence-corrected chi connectivity index (χ2v) is 7.41. The van der Waals surface area contributed by atoms with Gasteiger partial charge in [0.2, 0.25) is 11.8 Å². The summed E-state index contributed by atoms with van der Waals surface area (Å²) < 4.78 is 0. The second-order valence-electron chi connectivity index (χ2n) is 7.41. The third-order valence-electron chi connectivity index (χ3n) is 5.41. The highest BCUT2D eigenvalue weighted by Crippen LogP contribution is 2.18. The van der Waals surface area contributed by atoms with Crippen molar-refractivity contribution in [1.82, 2.24) is 15.1 Å². The Balaban J connectivity index is 1.44. The van der Waals surface area contributed by atoms with Crippen molar-refractivity contribution in [3.8, 4) is 0 Å². The topological polar surface area (TPSA) is 55.9 Å². The number of hydrogen-bond acceptors (Lipinski definition) is 4. The molecule has 0 aromatic heterocycles. The fourth-order valence-corrected chi connectivity index (χ4v) is 3.72. The van der Waals surface area contributed by atoms with Gasteiger partial charge < -0.3 is 15.1 Å². The largest absolute Gasteiger partial charge is 0.369 e. The predicted octanol–water partition coefficient (Wildman–Crippen LogP) is 1.24. The van der Waals surface area contributed by atoms with Gasteiger partial charge in [-0.05, 0) is 31.5 Å². The first-order valence-electron chi connectivity index (χ1n) is 9.63. The van der Waals surface area contributed by atoms with Gasteiger partial charge in [-0.15, -0.1) is 0 Å². The molecule has 0 aliphatic carbocycles. The third kappa shape index (κ3) is 4.75. The third-order valence-corrected chi connectivity index (χ3v) is 5.41. The zero-order valence-electron chi connectivity index (χ0n) is 15.9. The fourth-order valence-electron chi connectivity index (χ4n) is 3.72. The van der Waals surface area contributed by atoms with Crippen LogP contribution in [0.15, 0.2) is 24.3 Å². The number of nitrogens with zero attached hydrogens (tertiary/aromatic N) is 3. The molecule has 0 bridgehead atoms. The Hall–Kier alpha value is -2.08. The van der Waals surface area contributed by atoms with Gasteiger partial charge in [0, 0.05) is 70.4 Å². The van der Waals surface area contributed by atoms with Crippen LogP contribution in [0.25, 0.3) is 0 Å². The number of anilines is 1. The van der Waals surface area contributed by atoms with E-state index in [9.17, 15) is 9.59 Å². The molecule has 0 spiro atoms. The number of piperazine rings is 1. The van der Waals surface area contributed by atoms with E-state index in [-0.39, 0.29) is 17.9 Å². The molecule has 1 aromatic rings. The molecule has 2 fully saturated rings. The molecule has 3 rings (SSSR count). The second kappa shape index (κ2) is 8.54. The first-order chi connectivity index (χ1) is 12.5. The van der Waals surface area contributed by atoms with E-state index in [0.29, 0.717) is 25.9 Å². The van der Waals surface area contributed by atoms with Crippen LogP contribution in [-0.2, 0) is 9.59 Å². The van der Waals surface area contributed by atoms with Crippen LogP contribution in [0.5, 0.6) is 0 Å². The van der Waals surface area contributed by atoms with Gasteiger partial charge in [0.15, 0.2) is 0 Å². The highest BCUT2D eigenvalue weighted by atomic mass is 16.2. The van der Waals surface area contributed by atoms with Gasteiger partial charge in [-0.2, -0.15) is 0 Å². The minimum Gasteiger partial charge on any atom is -0.369 e. The summed E-state index contributed by atoms with van der Waals surface area (Å²) in [7, 11) is 0. The minimum absolute atomic E-state index is 0.0411. The Morgan fingerprint density at radius 2 is 1.96 bits per heavy atom. The first-order valence-corrected chi connectivity index (χ1v) is 9.63. The number of aryl methyl sites for hydroxylation is 1. The lowest BCUT2D eigenvalue weighted by Gasteiger charge is -2.36. The summed E-state index contributed by atoms with van der Waals surface area (Å²) in [6, 6.07) is 8.71. The molecule has 1 aromatic carbocycles.